The molecule has 0 fully saturated rings. The summed E-state index contributed by atoms with van der Waals surface area (Å²) in [5, 5.41) is 15.5. The molecule has 0 saturated carbocycles. The number of nitro groups is 1. The molecule has 0 aliphatic carbocycles. The molecule has 0 spiro atoms. The number of nitro benzene ring substituents is 1. The van der Waals surface area contributed by atoms with Crippen LogP contribution in [0.25, 0.3) is 0 Å². The number of hydrogen-bond acceptors (Lipinski definition) is 5. The van der Waals surface area contributed by atoms with Crippen molar-refractivity contribution in [2.75, 3.05) is 19.0 Å². The molecule has 2 aromatic rings. The van der Waals surface area contributed by atoms with Crippen LogP contribution in [-0.2, 0) is 16.0 Å². The van der Waals surface area contributed by atoms with Crippen molar-refractivity contribution < 1.29 is 19.2 Å². The van der Waals surface area contributed by atoms with Gasteiger partial charge in [0.25, 0.3) is 5.69 Å². The number of carbonyl (C=O) groups is 2. The largest absolute Gasteiger partial charge is 0.496 e. The Bertz CT molecular complexity index is 774. The number of nitrogens with zero attached hydrogens (tertiary/aromatic N) is 1. The summed E-state index contributed by atoms with van der Waals surface area (Å²) in [4.78, 5) is 33.6. The smallest absolute Gasteiger partial charge is 0.313 e. The van der Waals surface area contributed by atoms with Gasteiger partial charge in [0.2, 0.25) is 0 Å². The van der Waals surface area contributed by atoms with E-state index in [0.717, 1.165) is 5.56 Å². The van der Waals surface area contributed by atoms with Crippen molar-refractivity contribution in [3.05, 3.63) is 64.2 Å². The van der Waals surface area contributed by atoms with Gasteiger partial charge in [-0.1, -0.05) is 18.2 Å². The molecule has 0 aliphatic rings. The van der Waals surface area contributed by atoms with E-state index in [1.807, 2.05) is 24.3 Å². The topological polar surface area (TPSA) is 111 Å². The first-order valence-electron chi connectivity index (χ1n) is 7.47. The van der Waals surface area contributed by atoms with Crippen molar-refractivity contribution in [2.24, 2.45) is 0 Å². The first-order valence-corrected chi connectivity index (χ1v) is 7.47. The Morgan fingerprint density at radius 3 is 2.40 bits per heavy atom. The monoisotopic (exact) mass is 343 g/mol. The van der Waals surface area contributed by atoms with Crippen LogP contribution in [0.15, 0.2) is 48.5 Å². The van der Waals surface area contributed by atoms with E-state index in [1.54, 1.807) is 7.11 Å². The van der Waals surface area contributed by atoms with E-state index in [4.69, 9.17) is 4.74 Å². The van der Waals surface area contributed by atoms with Gasteiger partial charge in [-0.05, 0) is 30.2 Å². The molecule has 130 valence electrons. The van der Waals surface area contributed by atoms with Crippen LogP contribution in [0.1, 0.15) is 5.56 Å². The molecule has 8 heteroatoms. The lowest BCUT2D eigenvalue weighted by atomic mass is 10.1. The van der Waals surface area contributed by atoms with Gasteiger partial charge < -0.3 is 15.4 Å². The Morgan fingerprint density at radius 1 is 1.08 bits per heavy atom. The van der Waals surface area contributed by atoms with E-state index in [2.05, 4.69) is 10.6 Å². The summed E-state index contributed by atoms with van der Waals surface area (Å²) in [7, 11) is 1.56. The number of para-hydroxylation sites is 1. The maximum atomic E-state index is 11.8. The van der Waals surface area contributed by atoms with E-state index in [1.165, 1.54) is 24.3 Å². The highest BCUT2D eigenvalue weighted by Crippen LogP contribution is 2.17. The van der Waals surface area contributed by atoms with Crippen LogP contribution in [-0.4, -0.2) is 30.4 Å². The Morgan fingerprint density at radius 2 is 1.76 bits per heavy atom. The van der Waals surface area contributed by atoms with Crippen LogP contribution in [0.4, 0.5) is 11.4 Å². The molecule has 0 bridgehead atoms. The number of hydrogen-bond donors (Lipinski definition) is 2. The molecule has 2 amide bonds. The van der Waals surface area contributed by atoms with Crippen LogP contribution < -0.4 is 15.4 Å². The SMILES string of the molecule is COc1ccccc1CCNC(=O)C(=O)Nc1ccc([N+](=O)[O-])cc1. The summed E-state index contributed by atoms with van der Waals surface area (Å²) in [6.07, 6.45) is 0.514. The molecule has 2 rings (SSSR count). The van der Waals surface area contributed by atoms with Gasteiger partial charge in [-0.15, -0.1) is 0 Å². The van der Waals surface area contributed by atoms with Crippen LogP contribution >= 0.6 is 0 Å². The highest BCUT2D eigenvalue weighted by atomic mass is 16.6. The minimum Gasteiger partial charge on any atom is -0.496 e. The number of non-ortho nitro benzene ring substituents is 1. The first-order chi connectivity index (χ1) is 12.0. The van der Waals surface area contributed by atoms with Crippen molar-refractivity contribution in [3.63, 3.8) is 0 Å². The van der Waals surface area contributed by atoms with E-state index in [-0.39, 0.29) is 12.2 Å². The molecule has 0 radical (unpaired) electrons. The summed E-state index contributed by atoms with van der Waals surface area (Å²) >= 11 is 0. The predicted octanol–water partition coefficient (Wildman–Crippen LogP) is 1.90. The lowest BCUT2D eigenvalue weighted by molar-refractivity contribution is -0.384. The number of amides is 2. The molecule has 0 atom stereocenters. The Kier molecular flexibility index (Phi) is 6.05. The summed E-state index contributed by atoms with van der Waals surface area (Å²) in [5.74, 6) is -0.908. The second kappa shape index (κ2) is 8.44. The van der Waals surface area contributed by atoms with Gasteiger partial charge in [0.05, 0.1) is 12.0 Å². The van der Waals surface area contributed by atoms with E-state index >= 15 is 0 Å². The number of ether oxygens (including phenoxy) is 1. The fraction of sp³-hybridized carbons (Fsp3) is 0.176. The molecular weight excluding hydrogens is 326 g/mol. The zero-order chi connectivity index (χ0) is 18.2. The fourth-order valence-corrected chi connectivity index (χ4v) is 2.15. The van der Waals surface area contributed by atoms with Gasteiger partial charge in [0, 0.05) is 24.4 Å². The van der Waals surface area contributed by atoms with Crippen LogP contribution in [0.5, 0.6) is 5.75 Å². The fourth-order valence-electron chi connectivity index (χ4n) is 2.15. The highest BCUT2D eigenvalue weighted by Gasteiger charge is 2.14. The molecule has 0 unspecified atom stereocenters. The van der Waals surface area contributed by atoms with Gasteiger partial charge in [-0.25, -0.2) is 0 Å². The summed E-state index contributed by atoms with van der Waals surface area (Å²) in [5.41, 5.74) is 1.12. The number of anilines is 1. The highest BCUT2D eigenvalue weighted by molar-refractivity contribution is 6.39. The van der Waals surface area contributed by atoms with Gasteiger partial charge in [0.1, 0.15) is 5.75 Å². The van der Waals surface area contributed by atoms with Crippen molar-refractivity contribution in [1.29, 1.82) is 0 Å². The van der Waals surface area contributed by atoms with E-state index in [0.29, 0.717) is 17.9 Å². The lowest BCUT2D eigenvalue weighted by Gasteiger charge is -2.09. The zero-order valence-electron chi connectivity index (χ0n) is 13.5. The van der Waals surface area contributed by atoms with Crippen molar-refractivity contribution >= 4 is 23.2 Å². The van der Waals surface area contributed by atoms with Gasteiger partial charge in [-0.3, -0.25) is 19.7 Å². The molecule has 0 aromatic heterocycles. The second-order valence-corrected chi connectivity index (χ2v) is 5.08. The summed E-state index contributed by atoms with van der Waals surface area (Å²) < 4.78 is 5.22. The third-order valence-corrected chi connectivity index (χ3v) is 3.41. The maximum absolute atomic E-state index is 11.8. The number of nitrogens with one attached hydrogen (secondary N) is 2. The summed E-state index contributed by atoms with van der Waals surface area (Å²) in [6, 6.07) is 12.6. The quantitative estimate of drug-likeness (QED) is 0.473. The maximum Gasteiger partial charge on any atom is 0.313 e. The Balaban J connectivity index is 1.84. The first kappa shape index (κ1) is 17.9. The summed E-state index contributed by atoms with van der Waals surface area (Å²) in [6.45, 7) is 0.271. The molecule has 0 saturated heterocycles. The number of carbonyl (C=O) groups excluding carboxylic acids is 2. The minimum atomic E-state index is -0.839. The number of benzene rings is 2. The average molecular weight is 343 g/mol. The normalized spacial score (nSPS) is 9.96. The zero-order valence-corrected chi connectivity index (χ0v) is 13.5. The Labute approximate surface area is 144 Å². The van der Waals surface area contributed by atoms with Gasteiger partial charge in [-0.2, -0.15) is 0 Å². The molecule has 25 heavy (non-hydrogen) atoms. The van der Waals surface area contributed by atoms with Gasteiger partial charge in [0.15, 0.2) is 0 Å². The standard InChI is InChI=1S/C17H17N3O5/c1-25-15-5-3-2-4-12(15)10-11-18-16(21)17(22)19-13-6-8-14(9-7-13)20(23)24/h2-9H,10-11H2,1H3,(H,18,21)(H,19,22). The van der Waals surface area contributed by atoms with Crippen LogP contribution in [0.2, 0.25) is 0 Å². The third-order valence-electron chi connectivity index (χ3n) is 3.41. The van der Waals surface area contributed by atoms with Gasteiger partial charge >= 0.3 is 11.8 Å². The molecule has 8 nitrogen and oxygen atoms in total. The van der Waals surface area contributed by atoms with Crippen molar-refractivity contribution in [2.45, 2.75) is 6.42 Å². The second-order valence-electron chi connectivity index (χ2n) is 5.08. The lowest BCUT2D eigenvalue weighted by Crippen LogP contribution is -2.36. The minimum absolute atomic E-state index is 0.0979. The Hall–Kier alpha value is -3.42. The molecular formula is C17H17N3O5. The predicted molar refractivity (Wildman–Crippen MR) is 91.4 cm³/mol. The van der Waals surface area contributed by atoms with Crippen LogP contribution in [0.3, 0.4) is 0 Å². The average Bonchev–Trinajstić information content (AvgIpc) is 2.62. The van der Waals surface area contributed by atoms with Crippen molar-refractivity contribution in [3.8, 4) is 5.75 Å². The number of rotatable bonds is 6. The number of methoxy groups -OCH3 is 1. The van der Waals surface area contributed by atoms with E-state index < -0.39 is 16.7 Å². The van der Waals surface area contributed by atoms with E-state index in [9.17, 15) is 19.7 Å². The molecule has 0 aliphatic heterocycles. The third kappa shape index (κ3) is 5.03. The van der Waals surface area contributed by atoms with Crippen molar-refractivity contribution in [1.82, 2.24) is 5.32 Å². The molecule has 2 aromatic carbocycles. The molecule has 0 heterocycles. The van der Waals surface area contributed by atoms with Crippen LogP contribution in [0, 0.1) is 10.1 Å². The molecule has 2 N–H and O–H groups in total.